The first-order valence-electron chi connectivity index (χ1n) is 7.53. The summed E-state index contributed by atoms with van der Waals surface area (Å²) in [5.74, 6) is 1.12. The van der Waals surface area contributed by atoms with Gasteiger partial charge in [0.1, 0.15) is 5.78 Å². The van der Waals surface area contributed by atoms with E-state index in [2.05, 4.69) is 0 Å². The molecule has 0 amide bonds. The second kappa shape index (κ2) is 7.27. The van der Waals surface area contributed by atoms with Gasteiger partial charge in [-0.1, -0.05) is 12.8 Å². The van der Waals surface area contributed by atoms with E-state index in [1.807, 2.05) is 0 Å². The molecule has 2 fully saturated rings. The van der Waals surface area contributed by atoms with Gasteiger partial charge in [0.2, 0.25) is 10.0 Å². The first-order valence-corrected chi connectivity index (χ1v) is 10.4. The monoisotopic (exact) mass is 319 g/mol. The van der Waals surface area contributed by atoms with Crippen LogP contribution in [0.4, 0.5) is 0 Å². The first kappa shape index (κ1) is 16.3. The standard InChI is InChI=1S/C14H25NO3S2/c1-20(17,18)15-8-4-5-12(10-15)9-13(16)11-19-14-6-2-3-7-14/h12,14H,2-11H2,1H3. The Kier molecular flexibility index (Phi) is 5.93. The molecule has 0 N–H and O–H groups in total. The molecule has 0 aromatic carbocycles. The van der Waals surface area contributed by atoms with E-state index in [0.29, 0.717) is 36.3 Å². The van der Waals surface area contributed by atoms with Gasteiger partial charge in [-0.3, -0.25) is 4.79 Å². The molecular formula is C14H25NO3S2. The smallest absolute Gasteiger partial charge is 0.211 e. The van der Waals surface area contributed by atoms with Gasteiger partial charge in [-0.25, -0.2) is 12.7 Å². The van der Waals surface area contributed by atoms with Crippen molar-refractivity contribution in [1.82, 2.24) is 4.31 Å². The molecule has 0 bridgehead atoms. The molecule has 1 heterocycles. The van der Waals surface area contributed by atoms with E-state index in [1.165, 1.54) is 36.2 Å². The van der Waals surface area contributed by atoms with Crippen LogP contribution < -0.4 is 0 Å². The zero-order valence-electron chi connectivity index (χ0n) is 12.2. The molecule has 0 aromatic rings. The molecule has 4 nitrogen and oxygen atoms in total. The van der Waals surface area contributed by atoms with Crippen molar-refractivity contribution in [3.8, 4) is 0 Å². The highest BCUT2D eigenvalue weighted by Crippen LogP contribution is 2.30. The lowest BCUT2D eigenvalue weighted by Gasteiger charge is -2.30. The number of carbonyl (C=O) groups is 1. The molecule has 2 rings (SSSR count). The van der Waals surface area contributed by atoms with Crippen LogP contribution >= 0.6 is 11.8 Å². The van der Waals surface area contributed by atoms with Crippen LogP contribution in [0.5, 0.6) is 0 Å². The first-order chi connectivity index (χ1) is 9.45. The molecule has 116 valence electrons. The molecule has 1 saturated carbocycles. The van der Waals surface area contributed by atoms with Crippen LogP contribution in [0.25, 0.3) is 0 Å². The summed E-state index contributed by atoms with van der Waals surface area (Å²) >= 11 is 1.81. The van der Waals surface area contributed by atoms with E-state index in [1.54, 1.807) is 11.8 Å². The summed E-state index contributed by atoms with van der Waals surface area (Å²) in [7, 11) is -3.10. The van der Waals surface area contributed by atoms with E-state index in [-0.39, 0.29) is 5.92 Å². The number of carbonyl (C=O) groups excluding carboxylic acids is 1. The van der Waals surface area contributed by atoms with Crippen molar-refractivity contribution in [2.45, 2.75) is 50.2 Å². The summed E-state index contributed by atoms with van der Waals surface area (Å²) < 4.78 is 24.6. The molecule has 0 aromatic heterocycles. The maximum Gasteiger partial charge on any atom is 0.211 e. The number of thioether (sulfide) groups is 1. The Morgan fingerprint density at radius 2 is 1.90 bits per heavy atom. The van der Waals surface area contributed by atoms with E-state index in [4.69, 9.17) is 0 Å². The van der Waals surface area contributed by atoms with E-state index in [9.17, 15) is 13.2 Å². The molecule has 1 aliphatic carbocycles. The molecule has 2 aliphatic rings. The molecule has 1 aliphatic heterocycles. The largest absolute Gasteiger partial charge is 0.299 e. The van der Waals surface area contributed by atoms with Crippen LogP contribution in [0.1, 0.15) is 44.9 Å². The molecule has 0 radical (unpaired) electrons. The summed E-state index contributed by atoms with van der Waals surface area (Å²) in [6.45, 7) is 1.14. The lowest BCUT2D eigenvalue weighted by molar-refractivity contribution is -0.117. The fraction of sp³-hybridized carbons (Fsp3) is 0.929. The third-order valence-corrected chi connectivity index (χ3v) is 6.95. The van der Waals surface area contributed by atoms with Crippen LogP contribution in [0.3, 0.4) is 0 Å². The molecular weight excluding hydrogens is 294 g/mol. The number of sulfonamides is 1. The van der Waals surface area contributed by atoms with Gasteiger partial charge in [0.05, 0.1) is 12.0 Å². The Morgan fingerprint density at radius 1 is 1.20 bits per heavy atom. The second-order valence-electron chi connectivity index (χ2n) is 6.09. The molecule has 1 unspecified atom stereocenters. The van der Waals surface area contributed by atoms with Crippen molar-refractivity contribution in [3.63, 3.8) is 0 Å². The van der Waals surface area contributed by atoms with E-state index in [0.717, 1.165) is 12.8 Å². The van der Waals surface area contributed by atoms with E-state index < -0.39 is 10.0 Å². The van der Waals surface area contributed by atoms with Gasteiger partial charge in [-0.2, -0.15) is 11.8 Å². The van der Waals surface area contributed by atoms with Crippen LogP contribution in [0, 0.1) is 5.92 Å². The number of hydrogen-bond acceptors (Lipinski definition) is 4. The van der Waals surface area contributed by atoms with Crippen LogP contribution in [-0.2, 0) is 14.8 Å². The highest BCUT2D eigenvalue weighted by atomic mass is 32.2. The van der Waals surface area contributed by atoms with Crippen molar-refractivity contribution in [2.24, 2.45) is 5.92 Å². The number of piperidine rings is 1. The summed E-state index contributed by atoms with van der Waals surface area (Å²) in [5.41, 5.74) is 0. The minimum absolute atomic E-state index is 0.218. The molecule has 1 saturated heterocycles. The zero-order valence-corrected chi connectivity index (χ0v) is 13.8. The maximum absolute atomic E-state index is 12.0. The van der Waals surface area contributed by atoms with Crippen LogP contribution in [0.15, 0.2) is 0 Å². The number of hydrogen-bond donors (Lipinski definition) is 0. The quantitative estimate of drug-likeness (QED) is 0.754. The van der Waals surface area contributed by atoms with Gasteiger partial charge in [0.25, 0.3) is 0 Å². The number of ketones is 1. The molecule has 20 heavy (non-hydrogen) atoms. The average molecular weight is 319 g/mol. The molecule has 6 heteroatoms. The highest BCUT2D eigenvalue weighted by molar-refractivity contribution is 8.00. The topological polar surface area (TPSA) is 54.5 Å². The zero-order chi connectivity index (χ0) is 14.6. The molecule has 0 spiro atoms. The van der Waals surface area contributed by atoms with Crippen molar-refractivity contribution < 1.29 is 13.2 Å². The average Bonchev–Trinajstić information content (AvgIpc) is 2.89. The van der Waals surface area contributed by atoms with Gasteiger partial charge in [0.15, 0.2) is 0 Å². The van der Waals surface area contributed by atoms with Crippen LogP contribution in [0.2, 0.25) is 0 Å². The Bertz CT molecular complexity index is 430. The van der Waals surface area contributed by atoms with Gasteiger partial charge in [0, 0.05) is 24.8 Å². The minimum atomic E-state index is -3.10. The Labute approximate surface area is 126 Å². The number of nitrogens with zero attached hydrogens (tertiary/aromatic N) is 1. The van der Waals surface area contributed by atoms with E-state index >= 15 is 0 Å². The van der Waals surface area contributed by atoms with Crippen molar-refractivity contribution in [3.05, 3.63) is 0 Å². The van der Waals surface area contributed by atoms with Crippen molar-refractivity contribution in [2.75, 3.05) is 25.1 Å². The number of rotatable bonds is 6. The lowest BCUT2D eigenvalue weighted by atomic mass is 9.94. The Balaban J connectivity index is 1.73. The lowest BCUT2D eigenvalue weighted by Crippen LogP contribution is -2.39. The summed E-state index contributed by atoms with van der Waals surface area (Å²) in [5, 5.41) is 0.679. The summed E-state index contributed by atoms with van der Waals surface area (Å²) in [6, 6.07) is 0. The Hall–Kier alpha value is -0.0700. The van der Waals surface area contributed by atoms with Crippen LogP contribution in [-0.4, -0.2) is 48.9 Å². The fourth-order valence-electron chi connectivity index (χ4n) is 3.14. The third-order valence-electron chi connectivity index (χ3n) is 4.25. The van der Waals surface area contributed by atoms with Gasteiger partial charge in [-0.05, 0) is 31.6 Å². The Morgan fingerprint density at radius 3 is 2.55 bits per heavy atom. The summed E-state index contributed by atoms with van der Waals surface area (Å²) in [4.78, 5) is 12.0. The van der Waals surface area contributed by atoms with Gasteiger partial charge < -0.3 is 0 Å². The predicted octanol–water partition coefficient (Wildman–Crippen LogP) is 2.29. The van der Waals surface area contributed by atoms with Gasteiger partial charge >= 0.3 is 0 Å². The normalized spacial score (nSPS) is 25.9. The second-order valence-corrected chi connectivity index (χ2v) is 9.36. The SMILES string of the molecule is CS(=O)(=O)N1CCCC(CC(=O)CSC2CCCC2)C1. The minimum Gasteiger partial charge on any atom is -0.299 e. The van der Waals surface area contributed by atoms with Crippen molar-refractivity contribution >= 4 is 27.6 Å². The molecule has 1 atom stereocenters. The fourth-order valence-corrected chi connectivity index (χ4v) is 5.29. The summed E-state index contributed by atoms with van der Waals surface area (Å²) in [6.07, 6.45) is 8.77. The van der Waals surface area contributed by atoms with Gasteiger partial charge in [-0.15, -0.1) is 0 Å². The maximum atomic E-state index is 12.0. The highest BCUT2D eigenvalue weighted by Gasteiger charge is 2.27. The predicted molar refractivity (Wildman–Crippen MR) is 83.5 cm³/mol. The third kappa shape index (κ3) is 5.04. The van der Waals surface area contributed by atoms with Crippen molar-refractivity contribution in [1.29, 1.82) is 0 Å². The number of Topliss-reactive ketones (excluding diaryl/α,β-unsaturated/α-hetero) is 1.